The van der Waals surface area contributed by atoms with Crippen LogP contribution in [0.25, 0.3) is 82.1 Å². The average molecular weight is 600 g/mol. The summed E-state index contributed by atoms with van der Waals surface area (Å²) in [6, 6.07) is 48.1. The van der Waals surface area contributed by atoms with E-state index >= 15 is 0 Å². The quantitative estimate of drug-likeness (QED) is 0.165. The third-order valence-electron chi connectivity index (χ3n) is 11.9. The average Bonchev–Trinajstić information content (AvgIpc) is 3.55. The zero-order chi connectivity index (χ0) is 31.4. The zero-order valence-corrected chi connectivity index (χ0v) is 27.1. The minimum Gasteiger partial charge on any atom is -0.309 e. The minimum absolute atomic E-state index is 0.117. The second kappa shape index (κ2) is 8.30. The first-order chi connectivity index (χ1) is 22.9. The number of para-hydroxylation sites is 2. The molecule has 1 nitrogen and oxygen atoms in total. The van der Waals surface area contributed by atoms with Crippen LogP contribution in [0.3, 0.4) is 0 Å². The van der Waals surface area contributed by atoms with Crippen LogP contribution in [0.1, 0.15) is 49.9 Å². The van der Waals surface area contributed by atoms with Crippen molar-refractivity contribution in [1.82, 2.24) is 4.57 Å². The first-order valence-electron chi connectivity index (χ1n) is 16.9. The summed E-state index contributed by atoms with van der Waals surface area (Å²) < 4.78 is 2.47. The summed E-state index contributed by atoms with van der Waals surface area (Å²) in [6.07, 6.45) is 0. The molecule has 9 aromatic rings. The molecule has 0 aliphatic heterocycles. The van der Waals surface area contributed by atoms with Crippen molar-refractivity contribution in [3.8, 4) is 27.9 Å². The Balaban J connectivity index is 1.44. The van der Waals surface area contributed by atoms with E-state index < -0.39 is 0 Å². The van der Waals surface area contributed by atoms with E-state index in [1.807, 2.05) is 0 Å². The van der Waals surface area contributed by atoms with Gasteiger partial charge in [-0.2, -0.15) is 0 Å². The number of hydrogen-bond donors (Lipinski definition) is 0. The van der Waals surface area contributed by atoms with E-state index in [1.165, 1.54) is 104 Å². The molecule has 1 heterocycles. The van der Waals surface area contributed by atoms with Crippen LogP contribution in [0.4, 0.5) is 0 Å². The highest BCUT2D eigenvalue weighted by Gasteiger charge is 2.44. The van der Waals surface area contributed by atoms with Crippen LogP contribution in [0.2, 0.25) is 0 Å². The van der Waals surface area contributed by atoms with Crippen molar-refractivity contribution < 1.29 is 0 Å². The third-order valence-corrected chi connectivity index (χ3v) is 11.9. The lowest BCUT2D eigenvalue weighted by atomic mass is 9.64. The second-order valence-corrected chi connectivity index (χ2v) is 14.9. The Kier molecular flexibility index (Phi) is 4.55. The van der Waals surface area contributed by atoms with Crippen LogP contribution in [0.15, 0.2) is 127 Å². The molecule has 0 amide bonds. The molecule has 1 aromatic heterocycles. The number of rotatable bonds is 1. The highest BCUT2D eigenvalue weighted by Crippen LogP contribution is 2.62. The molecular weight excluding hydrogens is 567 g/mol. The largest absolute Gasteiger partial charge is 0.309 e. The van der Waals surface area contributed by atoms with E-state index in [2.05, 4.69) is 160 Å². The highest BCUT2D eigenvalue weighted by molar-refractivity contribution is 6.37. The molecule has 0 spiro atoms. The Labute approximate surface area is 274 Å². The summed E-state index contributed by atoms with van der Waals surface area (Å²) in [7, 11) is 0. The van der Waals surface area contributed by atoms with Crippen LogP contribution in [0, 0.1) is 0 Å². The Morgan fingerprint density at radius 1 is 0.426 bits per heavy atom. The fourth-order valence-corrected chi connectivity index (χ4v) is 9.89. The number of fused-ring (bicyclic) bond motifs is 11. The van der Waals surface area contributed by atoms with Gasteiger partial charge in [0.2, 0.25) is 0 Å². The van der Waals surface area contributed by atoms with Crippen LogP contribution in [-0.2, 0) is 10.8 Å². The molecule has 2 aliphatic rings. The van der Waals surface area contributed by atoms with Gasteiger partial charge < -0.3 is 4.57 Å². The maximum Gasteiger partial charge on any atom is 0.0553 e. The summed E-state index contributed by atoms with van der Waals surface area (Å²) in [6.45, 7) is 9.75. The molecule has 0 fully saturated rings. The van der Waals surface area contributed by atoms with Crippen molar-refractivity contribution in [1.29, 1.82) is 0 Å². The third kappa shape index (κ3) is 2.89. The molecule has 0 saturated carbocycles. The summed E-state index contributed by atoms with van der Waals surface area (Å²) >= 11 is 0. The molecule has 1 heteroatoms. The molecule has 8 aromatic carbocycles. The number of aromatic nitrogens is 1. The van der Waals surface area contributed by atoms with Gasteiger partial charge >= 0.3 is 0 Å². The van der Waals surface area contributed by atoms with Gasteiger partial charge in [0.05, 0.1) is 11.0 Å². The summed E-state index contributed by atoms with van der Waals surface area (Å²) in [4.78, 5) is 0. The van der Waals surface area contributed by atoms with Crippen LogP contribution >= 0.6 is 0 Å². The fourth-order valence-electron chi connectivity index (χ4n) is 9.89. The maximum absolute atomic E-state index is 2.55. The van der Waals surface area contributed by atoms with E-state index in [-0.39, 0.29) is 10.8 Å². The van der Waals surface area contributed by atoms with Gasteiger partial charge in [-0.15, -0.1) is 0 Å². The number of nitrogens with zero attached hydrogens (tertiary/aromatic N) is 1. The molecule has 0 unspecified atom stereocenters. The lowest BCUT2D eigenvalue weighted by molar-refractivity contribution is 0.639. The lowest BCUT2D eigenvalue weighted by Crippen LogP contribution is -2.26. The Hall–Kier alpha value is -5.40. The molecule has 0 bridgehead atoms. The van der Waals surface area contributed by atoms with Crippen molar-refractivity contribution >= 4 is 54.1 Å². The molecular formula is C46H33N. The van der Waals surface area contributed by atoms with Gasteiger partial charge in [0.15, 0.2) is 0 Å². The van der Waals surface area contributed by atoms with Crippen molar-refractivity contribution in [2.24, 2.45) is 0 Å². The minimum atomic E-state index is -0.151. The standard InChI is InChI=1S/C46H33N/c1-45(2)33-19-11-9-17-29(33)42-43-35(45)24-26-25-37-39(30-18-10-13-21-36(30)47(37)27-14-6-5-7-15-27)31-22-23-32(41(43)38(26)31)40-28-16-8-12-20-34(28)46(3,4)44(40)42/h5-25H,1-4H3. The monoisotopic (exact) mass is 599 g/mol. The molecule has 2 aliphatic carbocycles. The Morgan fingerprint density at radius 3 is 1.85 bits per heavy atom. The van der Waals surface area contributed by atoms with Gasteiger partial charge in [-0.05, 0) is 107 Å². The van der Waals surface area contributed by atoms with E-state index in [0.717, 1.165) is 0 Å². The first kappa shape index (κ1) is 25.8. The molecule has 0 radical (unpaired) electrons. The molecule has 0 atom stereocenters. The summed E-state index contributed by atoms with van der Waals surface area (Å²) in [5, 5.41) is 11.0. The number of benzene rings is 8. The van der Waals surface area contributed by atoms with Crippen molar-refractivity contribution in [2.75, 3.05) is 0 Å². The predicted octanol–water partition coefficient (Wildman–Crippen LogP) is 12.3. The van der Waals surface area contributed by atoms with Gasteiger partial charge in [-0.1, -0.05) is 125 Å². The Bertz CT molecular complexity index is 2830. The van der Waals surface area contributed by atoms with E-state index in [1.54, 1.807) is 0 Å². The van der Waals surface area contributed by atoms with Crippen molar-refractivity contribution in [3.63, 3.8) is 0 Å². The summed E-state index contributed by atoms with van der Waals surface area (Å²) in [5.41, 5.74) is 14.9. The maximum atomic E-state index is 2.55. The van der Waals surface area contributed by atoms with Crippen LogP contribution in [0.5, 0.6) is 0 Å². The van der Waals surface area contributed by atoms with Gasteiger partial charge in [0.1, 0.15) is 0 Å². The van der Waals surface area contributed by atoms with E-state index in [0.29, 0.717) is 0 Å². The smallest absolute Gasteiger partial charge is 0.0553 e. The van der Waals surface area contributed by atoms with E-state index in [4.69, 9.17) is 0 Å². The van der Waals surface area contributed by atoms with Crippen molar-refractivity contribution in [2.45, 2.75) is 38.5 Å². The van der Waals surface area contributed by atoms with Gasteiger partial charge in [-0.25, -0.2) is 0 Å². The van der Waals surface area contributed by atoms with E-state index in [9.17, 15) is 0 Å². The Morgan fingerprint density at radius 2 is 1.06 bits per heavy atom. The topological polar surface area (TPSA) is 4.93 Å². The molecule has 0 N–H and O–H groups in total. The molecule has 0 saturated heterocycles. The van der Waals surface area contributed by atoms with Crippen LogP contribution in [-0.4, -0.2) is 4.57 Å². The molecule has 11 rings (SSSR count). The second-order valence-electron chi connectivity index (χ2n) is 14.9. The zero-order valence-electron chi connectivity index (χ0n) is 27.1. The SMILES string of the molecule is CC1(C)c2ccccc2-c2c1c1c3c(cc4cc5c(c6ccc2c3c46)c2ccccc2n5-c2ccccc2)C(C)(C)c2ccccc2-1. The van der Waals surface area contributed by atoms with Gasteiger partial charge in [-0.3, -0.25) is 0 Å². The molecule has 222 valence electrons. The highest BCUT2D eigenvalue weighted by atomic mass is 15.0. The van der Waals surface area contributed by atoms with Gasteiger partial charge in [0.25, 0.3) is 0 Å². The lowest BCUT2D eigenvalue weighted by Gasteiger charge is -2.39. The predicted molar refractivity (Wildman–Crippen MR) is 200 cm³/mol. The first-order valence-corrected chi connectivity index (χ1v) is 16.9. The normalized spacial score (nSPS) is 15.6. The fraction of sp³-hybridized carbons (Fsp3) is 0.130. The molecule has 47 heavy (non-hydrogen) atoms. The van der Waals surface area contributed by atoms with Crippen LogP contribution < -0.4 is 0 Å². The summed E-state index contributed by atoms with van der Waals surface area (Å²) in [5.74, 6) is 0. The van der Waals surface area contributed by atoms with Gasteiger partial charge in [0, 0.05) is 27.3 Å². The van der Waals surface area contributed by atoms with Crippen molar-refractivity contribution in [3.05, 3.63) is 150 Å². The number of hydrogen-bond acceptors (Lipinski definition) is 0.